The number of carbonyl (C=O) groups is 2. The van der Waals surface area contributed by atoms with Crippen LogP contribution in [0.25, 0.3) is 0 Å². The molecule has 0 atom stereocenters. The third-order valence-electron chi connectivity index (χ3n) is 4.59. The molecule has 3 aromatic rings. The van der Waals surface area contributed by atoms with E-state index in [1.807, 2.05) is 19.1 Å². The van der Waals surface area contributed by atoms with Gasteiger partial charge in [0.15, 0.2) is 11.0 Å². The Balaban J connectivity index is 1.63. The van der Waals surface area contributed by atoms with Gasteiger partial charge in [-0.1, -0.05) is 47.1 Å². The van der Waals surface area contributed by atoms with Crippen molar-refractivity contribution < 1.29 is 14.5 Å². The lowest BCUT2D eigenvalue weighted by molar-refractivity contribution is -0.384. The molecular weight excluding hydrogens is 480 g/mol. The van der Waals surface area contributed by atoms with Crippen LogP contribution in [-0.2, 0) is 17.9 Å². The lowest BCUT2D eigenvalue weighted by atomic mass is 10.1. The number of benzene rings is 2. The highest BCUT2D eigenvalue weighted by Crippen LogP contribution is 2.27. The average Bonchev–Trinajstić information content (AvgIpc) is 3.19. The summed E-state index contributed by atoms with van der Waals surface area (Å²) >= 11 is 7.15. The number of aromatic nitrogens is 3. The molecule has 0 aliphatic heterocycles. The fourth-order valence-electron chi connectivity index (χ4n) is 2.87. The van der Waals surface area contributed by atoms with E-state index in [9.17, 15) is 19.7 Å². The van der Waals surface area contributed by atoms with Gasteiger partial charge >= 0.3 is 0 Å². The van der Waals surface area contributed by atoms with Crippen LogP contribution in [0, 0.1) is 17.0 Å². The monoisotopic (exact) mass is 500 g/mol. The van der Waals surface area contributed by atoms with E-state index in [-0.39, 0.29) is 34.6 Å². The van der Waals surface area contributed by atoms with Crippen molar-refractivity contribution in [2.45, 2.75) is 25.2 Å². The zero-order chi connectivity index (χ0) is 24.7. The number of nitro benzene ring substituents is 1. The molecule has 0 radical (unpaired) electrons. The van der Waals surface area contributed by atoms with Crippen LogP contribution in [0.4, 0.5) is 11.4 Å². The van der Waals surface area contributed by atoms with Crippen LogP contribution >= 0.6 is 23.4 Å². The van der Waals surface area contributed by atoms with Gasteiger partial charge in [-0.2, -0.15) is 0 Å². The molecule has 0 unspecified atom stereocenters. The number of rotatable bonds is 10. The molecule has 0 saturated carbocycles. The van der Waals surface area contributed by atoms with Crippen LogP contribution in [0.5, 0.6) is 0 Å². The van der Waals surface area contributed by atoms with Crippen molar-refractivity contribution in [3.63, 3.8) is 0 Å². The molecule has 176 valence electrons. The summed E-state index contributed by atoms with van der Waals surface area (Å²) in [5.41, 5.74) is 1.55. The zero-order valence-corrected chi connectivity index (χ0v) is 19.7. The first-order valence-electron chi connectivity index (χ1n) is 10.0. The Labute approximate surface area is 204 Å². The van der Waals surface area contributed by atoms with Gasteiger partial charge in [0, 0.05) is 24.2 Å². The molecule has 10 nitrogen and oxygen atoms in total. The fourth-order valence-corrected chi connectivity index (χ4v) is 3.81. The van der Waals surface area contributed by atoms with Crippen molar-refractivity contribution in [1.29, 1.82) is 0 Å². The number of hydrogen-bond acceptors (Lipinski definition) is 7. The van der Waals surface area contributed by atoms with E-state index in [0.29, 0.717) is 23.1 Å². The van der Waals surface area contributed by atoms with E-state index in [1.165, 1.54) is 18.2 Å². The smallest absolute Gasteiger partial charge is 0.271 e. The van der Waals surface area contributed by atoms with Crippen LogP contribution in [0.2, 0.25) is 5.02 Å². The van der Waals surface area contributed by atoms with Crippen LogP contribution in [0.1, 0.15) is 21.7 Å². The SMILES string of the molecule is C=CCn1c(CNC(=O)c2ccc(C)cc2)nnc1SCC(=O)Nc1cc([N+](=O)[O-])ccc1Cl. The van der Waals surface area contributed by atoms with Crippen molar-refractivity contribution in [3.8, 4) is 0 Å². The minimum atomic E-state index is -0.572. The number of halogens is 1. The average molecular weight is 501 g/mol. The number of thioether (sulfide) groups is 1. The maximum Gasteiger partial charge on any atom is 0.271 e. The lowest BCUT2D eigenvalue weighted by Gasteiger charge is -2.10. The Morgan fingerprint density at radius 2 is 1.97 bits per heavy atom. The van der Waals surface area contributed by atoms with Crippen LogP contribution in [-0.4, -0.2) is 37.3 Å². The van der Waals surface area contributed by atoms with E-state index in [4.69, 9.17) is 11.6 Å². The van der Waals surface area contributed by atoms with Gasteiger partial charge < -0.3 is 15.2 Å². The highest BCUT2D eigenvalue weighted by Gasteiger charge is 2.16. The summed E-state index contributed by atoms with van der Waals surface area (Å²) in [5.74, 6) is -0.195. The Kier molecular flexibility index (Phi) is 8.39. The third-order valence-corrected chi connectivity index (χ3v) is 5.89. The number of hydrogen-bond donors (Lipinski definition) is 2. The molecule has 0 bridgehead atoms. The molecule has 2 amide bonds. The highest BCUT2D eigenvalue weighted by molar-refractivity contribution is 7.99. The number of allylic oxidation sites excluding steroid dienone is 1. The molecule has 3 rings (SSSR count). The second-order valence-corrected chi connectivity index (χ2v) is 8.45. The third kappa shape index (κ3) is 6.42. The van der Waals surface area contributed by atoms with Gasteiger partial charge in [0.25, 0.3) is 11.6 Å². The molecule has 12 heteroatoms. The van der Waals surface area contributed by atoms with E-state index in [2.05, 4.69) is 27.4 Å². The van der Waals surface area contributed by atoms with Crippen molar-refractivity contribution >= 4 is 46.6 Å². The summed E-state index contributed by atoms with van der Waals surface area (Å²) in [5, 5.41) is 25.2. The number of nitrogens with zero attached hydrogens (tertiary/aromatic N) is 4. The molecule has 34 heavy (non-hydrogen) atoms. The van der Waals surface area contributed by atoms with E-state index in [0.717, 1.165) is 17.3 Å². The molecule has 2 aromatic carbocycles. The highest BCUT2D eigenvalue weighted by atomic mass is 35.5. The van der Waals surface area contributed by atoms with Gasteiger partial charge in [0.1, 0.15) is 0 Å². The topological polar surface area (TPSA) is 132 Å². The predicted molar refractivity (Wildman–Crippen MR) is 130 cm³/mol. The van der Waals surface area contributed by atoms with Gasteiger partial charge in [0.2, 0.25) is 5.91 Å². The molecular formula is C22H21ClN6O4S. The molecule has 1 aromatic heterocycles. The minimum absolute atomic E-state index is 0.0377. The number of carbonyl (C=O) groups excluding carboxylic acids is 2. The van der Waals surface area contributed by atoms with Crippen molar-refractivity contribution in [2.24, 2.45) is 0 Å². The summed E-state index contributed by atoms with van der Waals surface area (Å²) < 4.78 is 1.74. The van der Waals surface area contributed by atoms with Crippen LogP contribution < -0.4 is 10.6 Å². The largest absolute Gasteiger partial charge is 0.345 e. The minimum Gasteiger partial charge on any atom is -0.345 e. The maximum absolute atomic E-state index is 12.4. The van der Waals surface area contributed by atoms with E-state index >= 15 is 0 Å². The number of anilines is 1. The summed E-state index contributed by atoms with van der Waals surface area (Å²) in [6.45, 7) is 6.19. The fraction of sp³-hybridized carbons (Fsp3) is 0.182. The molecule has 2 N–H and O–H groups in total. The normalized spacial score (nSPS) is 10.5. The second kappa shape index (κ2) is 11.4. The van der Waals surface area contributed by atoms with E-state index < -0.39 is 10.8 Å². The molecule has 0 saturated heterocycles. The molecule has 0 fully saturated rings. The molecule has 0 spiro atoms. The molecule has 0 aliphatic carbocycles. The second-order valence-electron chi connectivity index (χ2n) is 7.10. The Hall–Kier alpha value is -3.70. The Morgan fingerprint density at radius 3 is 2.65 bits per heavy atom. The first kappa shape index (κ1) is 24.9. The van der Waals surface area contributed by atoms with Crippen LogP contribution in [0.15, 0.2) is 60.3 Å². The van der Waals surface area contributed by atoms with Gasteiger partial charge in [-0.05, 0) is 25.1 Å². The Morgan fingerprint density at radius 1 is 1.24 bits per heavy atom. The zero-order valence-electron chi connectivity index (χ0n) is 18.2. The lowest BCUT2D eigenvalue weighted by Crippen LogP contribution is -2.24. The standard InChI is InChI=1S/C22H21ClN6O4S/c1-3-10-28-19(12-24-21(31)15-6-4-14(2)5-7-15)26-27-22(28)34-13-20(30)25-18-11-16(29(32)33)8-9-17(18)23/h3-9,11H,1,10,12-13H2,2H3,(H,24,31)(H,25,30). The van der Waals surface area contributed by atoms with Crippen LogP contribution in [0.3, 0.4) is 0 Å². The maximum atomic E-state index is 12.4. The predicted octanol–water partition coefficient (Wildman–Crippen LogP) is 3.99. The van der Waals surface area contributed by atoms with Crippen molar-refractivity contribution in [3.05, 3.63) is 87.2 Å². The van der Waals surface area contributed by atoms with Gasteiger partial charge in [0.05, 0.1) is 27.9 Å². The van der Waals surface area contributed by atoms with Crippen molar-refractivity contribution in [2.75, 3.05) is 11.1 Å². The number of aryl methyl sites for hydroxylation is 1. The first-order chi connectivity index (χ1) is 16.3. The Bertz CT molecular complexity index is 1230. The number of non-ortho nitro benzene ring substituents is 1. The first-order valence-corrected chi connectivity index (χ1v) is 11.4. The number of amides is 2. The van der Waals surface area contributed by atoms with Crippen molar-refractivity contribution in [1.82, 2.24) is 20.1 Å². The number of nitrogens with one attached hydrogen (secondary N) is 2. The summed E-state index contributed by atoms with van der Waals surface area (Å²) in [7, 11) is 0. The summed E-state index contributed by atoms with van der Waals surface area (Å²) in [4.78, 5) is 35.2. The quantitative estimate of drug-likeness (QED) is 0.186. The molecule has 1 heterocycles. The molecule has 0 aliphatic rings. The summed E-state index contributed by atoms with van der Waals surface area (Å²) in [6, 6.07) is 11.0. The van der Waals surface area contributed by atoms with Gasteiger partial charge in [-0.3, -0.25) is 19.7 Å². The number of nitro groups is 1. The van der Waals surface area contributed by atoms with Gasteiger partial charge in [-0.25, -0.2) is 0 Å². The summed E-state index contributed by atoms with van der Waals surface area (Å²) in [6.07, 6.45) is 1.65. The van der Waals surface area contributed by atoms with E-state index in [1.54, 1.807) is 22.8 Å². The van der Waals surface area contributed by atoms with Gasteiger partial charge in [-0.15, -0.1) is 16.8 Å².